The minimum Gasteiger partial charge on any atom is -0.379 e. The minimum absolute atomic E-state index is 0. The second-order valence-electron chi connectivity index (χ2n) is 4.76. The van der Waals surface area contributed by atoms with Crippen LogP contribution in [0.15, 0.2) is 0 Å². The number of hydrogen-bond donors (Lipinski definition) is 4. The third-order valence-corrected chi connectivity index (χ3v) is 5.19. The molecule has 22 heavy (non-hydrogen) atoms. The van der Waals surface area contributed by atoms with Crippen LogP contribution in [0.2, 0.25) is 0 Å². The molecule has 0 aliphatic heterocycles. The molecule has 0 radical (unpaired) electrons. The fraction of sp³-hybridized carbons (Fsp3) is 0.429. The van der Waals surface area contributed by atoms with Crippen LogP contribution in [0.4, 0.5) is 0 Å². The molecule has 1 rings (SSSR count). The van der Waals surface area contributed by atoms with Gasteiger partial charge in [0.25, 0.3) is 0 Å². The van der Waals surface area contributed by atoms with Gasteiger partial charge < -0.3 is 11.5 Å². The Bertz CT molecular complexity index is 514. The van der Waals surface area contributed by atoms with Crippen molar-refractivity contribution in [3.8, 4) is 0 Å². The predicted octanol–water partition coefficient (Wildman–Crippen LogP) is 4.33. The van der Waals surface area contributed by atoms with Crippen molar-refractivity contribution in [2.24, 2.45) is 11.5 Å². The van der Waals surface area contributed by atoms with Gasteiger partial charge in [0.05, 0.1) is 0 Å². The average Bonchev–Trinajstić information content (AvgIpc) is 2.37. The smallest absolute Gasteiger partial charge is 0.151 e. The second-order valence-corrected chi connectivity index (χ2v) is 6.80. The summed E-state index contributed by atoms with van der Waals surface area (Å²) >= 11 is 2.67. The lowest BCUT2D eigenvalue weighted by Crippen LogP contribution is -2.10. The summed E-state index contributed by atoms with van der Waals surface area (Å²) in [5, 5.41) is 15.0. The largest absolute Gasteiger partial charge is 0.379 e. The van der Waals surface area contributed by atoms with Gasteiger partial charge in [-0.2, -0.15) is 0 Å². The van der Waals surface area contributed by atoms with E-state index in [1.54, 1.807) is 0 Å². The maximum atomic E-state index is 7.39. The number of halogens is 2. The van der Waals surface area contributed by atoms with Gasteiger partial charge in [0.2, 0.25) is 0 Å². The molecule has 0 bridgehead atoms. The molecule has 0 unspecified atom stereocenters. The van der Waals surface area contributed by atoms with Crippen molar-refractivity contribution in [1.82, 2.24) is 0 Å². The highest BCUT2D eigenvalue weighted by Crippen LogP contribution is 2.31. The number of nitrogens with one attached hydrogen (secondary N) is 2. The fourth-order valence-corrected chi connectivity index (χ4v) is 3.54. The lowest BCUT2D eigenvalue weighted by molar-refractivity contribution is 1.11. The van der Waals surface area contributed by atoms with Gasteiger partial charge in [0.1, 0.15) is 0 Å². The van der Waals surface area contributed by atoms with Crippen molar-refractivity contribution in [1.29, 1.82) is 10.8 Å². The molecule has 0 atom stereocenters. The third kappa shape index (κ3) is 6.14. The molecule has 0 spiro atoms. The lowest BCUT2D eigenvalue weighted by Gasteiger charge is -2.20. The Hall–Kier alpha value is -0.180. The molecular formula is C14H24Br2N4S2. The Morgan fingerprint density at radius 1 is 0.727 bits per heavy atom. The molecular weight excluding hydrogens is 448 g/mol. The van der Waals surface area contributed by atoms with E-state index < -0.39 is 0 Å². The normalized spacial score (nSPS) is 9.64. The van der Waals surface area contributed by atoms with E-state index in [0.717, 1.165) is 0 Å². The highest BCUT2D eigenvalue weighted by molar-refractivity contribution is 8.93. The first kappa shape index (κ1) is 24.1. The summed E-state index contributed by atoms with van der Waals surface area (Å²) in [6, 6.07) is 0. The first-order valence-corrected chi connectivity index (χ1v) is 8.24. The van der Waals surface area contributed by atoms with E-state index in [-0.39, 0.29) is 44.3 Å². The van der Waals surface area contributed by atoms with E-state index in [9.17, 15) is 0 Å². The van der Waals surface area contributed by atoms with Gasteiger partial charge in [-0.3, -0.25) is 10.8 Å². The van der Waals surface area contributed by atoms with Crippen molar-refractivity contribution in [3.05, 3.63) is 33.4 Å². The molecule has 0 saturated heterocycles. The molecule has 8 heteroatoms. The van der Waals surface area contributed by atoms with Crippen LogP contribution in [-0.2, 0) is 11.5 Å². The van der Waals surface area contributed by atoms with E-state index >= 15 is 0 Å². The molecule has 4 nitrogen and oxygen atoms in total. The van der Waals surface area contributed by atoms with Crippen molar-refractivity contribution in [2.75, 3.05) is 0 Å². The Labute approximate surface area is 162 Å². The van der Waals surface area contributed by atoms with Crippen molar-refractivity contribution in [3.63, 3.8) is 0 Å². The Kier molecular flexibility index (Phi) is 11.6. The molecule has 6 N–H and O–H groups in total. The highest BCUT2D eigenvalue weighted by Gasteiger charge is 2.15. The van der Waals surface area contributed by atoms with Crippen LogP contribution >= 0.6 is 57.5 Å². The van der Waals surface area contributed by atoms with Crippen molar-refractivity contribution >= 4 is 67.8 Å². The first-order valence-electron chi connectivity index (χ1n) is 6.27. The van der Waals surface area contributed by atoms with Crippen LogP contribution in [0.3, 0.4) is 0 Å². The van der Waals surface area contributed by atoms with Crippen LogP contribution in [0.25, 0.3) is 0 Å². The van der Waals surface area contributed by atoms with Gasteiger partial charge >= 0.3 is 0 Å². The maximum Gasteiger partial charge on any atom is 0.151 e. The molecule has 1 aromatic carbocycles. The Morgan fingerprint density at radius 3 is 1.23 bits per heavy atom. The highest BCUT2D eigenvalue weighted by atomic mass is 79.9. The molecule has 1 aromatic rings. The third-order valence-electron chi connectivity index (χ3n) is 3.70. The number of thioether (sulfide) groups is 2. The van der Waals surface area contributed by atoms with Gasteiger partial charge in [-0.15, -0.1) is 34.0 Å². The maximum absolute atomic E-state index is 7.39. The first-order chi connectivity index (χ1) is 9.25. The number of benzene rings is 1. The zero-order valence-electron chi connectivity index (χ0n) is 13.2. The molecule has 0 saturated carbocycles. The molecule has 0 aliphatic carbocycles. The molecule has 0 heterocycles. The number of nitrogens with two attached hydrogens (primary N) is 2. The van der Waals surface area contributed by atoms with Gasteiger partial charge in [-0.05, 0) is 61.1 Å². The van der Waals surface area contributed by atoms with Crippen LogP contribution in [-0.4, -0.2) is 10.3 Å². The zero-order valence-corrected chi connectivity index (χ0v) is 18.3. The Balaban J connectivity index is 0. The molecule has 0 aromatic heterocycles. The quantitative estimate of drug-likeness (QED) is 0.387. The molecule has 0 amide bonds. The summed E-state index contributed by atoms with van der Waals surface area (Å²) in [5.41, 5.74) is 18.4. The number of rotatable bonds is 4. The molecule has 126 valence electrons. The van der Waals surface area contributed by atoms with E-state index in [2.05, 4.69) is 27.7 Å². The van der Waals surface area contributed by atoms with Crippen molar-refractivity contribution in [2.45, 2.75) is 39.2 Å². The lowest BCUT2D eigenvalue weighted by atomic mass is 9.90. The van der Waals surface area contributed by atoms with Crippen LogP contribution < -0.4 is 11.5 Å². The minimum atomic E-state index is 0. The zero-order chi connectivity index (χ0) is 15.4. The SMILES string of the molecule is Br.Br.Cc1c(C)c(C)c(CSC(=N)N)c(CSC(=N)N)c1C. The van der Waals surface area contributed by atoms with E-state index in [0.29, 0.717) is 11.5 Å². The monoisotopic (exact) mass is 470 g/mol. The predicted molar refractivity (Wildman–Crippen MR) is 112 cm³/mol. The van der Waals surface area contributed by atoms with Gasteiger partial charge in [0.15, 0.2) is 10.3 Å². The van der Waals surface area contributed by atoms with Crippen LogP contribution in [0.1, 0.15) is 33.4 Å². The number of amidine groups is 2. The summed E-state index contributed by atoms with van der Waals surface area (Å²) in [7, 11) is 0. The molecule has 0 fully saturated rings. The molecule has 0 aliphatic rings. The fourth-order valence-electron chi connectivity index (χ4n) is 2.16. The summed E-state index contributed by atoms with van der Waals surface area (Å²) in [5.74, 6) is 1.38. The summed E-state index contributed by atoms with van der Waals surface area (Å²) in [4.78, 5) is 0. The van der Waals surface area contributed by atoms with Gasteiger partial charge in [-0.25, -0.2) is 0 Å². The van der Waals surface area contributed by atoms with Crippen molar-refractivity contribution < 1.29 is 0 Å². The summed E-state index contributed by atoms with van der Waals surface area (Å²) in [6.45, 7) is 8.47. The summed E-state index contributed by atoms with van der Waals surface area (Å²) in [6.07, 6.45) is 0. The van der Waals surface area contributed by atoms with Crippen LogP contribution in [0.5, 0.6) is 0 Å². The van der Waals surface area contributed by atoms with Gasteiger partial charge in [-0.1, -0.05) is 23.5 Å². The van der Waals surface area contributed by atoms with Crippen LogP contribution in [0, 0.1) is 38.5 Å². The van der Waals surface area contributed by atoms with E-state index in [1.807, 2.05) is 0 Å². The van der Waals surface area contributed by atoms with Gasteiger partial charge in [0, 0.05) is 11.5 Å². The summed E-state index contributed by atoms with van der Waals surface area (Å²) < 4.78 is 0. The van der Waals surface area contributed by atoms with E-state index in [4.69, 9.17) is 22.3 Å². The topological polar surface area (TPSA) is 99.7 Å². The number of hydrogen-bond acceptors (Lipinski definition) is 4. The second kappa shape index (κ2) is 10.6. The van der Waals surface area contributed by atoms with E-state index in [1.165, 1.54) is 56.9 Å². The standard InChI is InChI=1S/C14H22N4S2.2BrH/c1-7-8(2)10(4)12(6-20-14(17)18)11(9(7)3)5-19-13(15)16;;/h5-6H2,1-4H3,(H3,15,16)(H3,17,18);2*1H. The Morgan fingerprint density at radius 2 is 1.00 bits per heavy atom. The average molecular weight is 472 g/mol.